The van der Waals surface area contributed by atoms with E-state index in [4.69, 9.17) is 0 Å². The van der Waals surface area contributed by atoms with E-state index in [0.29, 0.717) is 5.92 Å². The minimum absolute atomic E-state index is 0.427. The van der Waals surface area contributed by atoms with Crippen molar-refractivity contribution in [3.05, 3.63) is 10.8 Å². The fourth-order valence-electron chi connectivity index (χ4n) is 1.38. The maximum absolute atomic E-state index is 4.50. The summed E-state index contributed by atoms with van der Waals surface area (Å²) in [6.45, 7) is 8.14. The number of hydrogen-bond donors (Lipinski definition) is 1. The molecule has 0 amide bonds. The van der Waals surface area contributed by atoms with Gasteiger partial charge in [0.15, 0.2) is 5.82 Å². The van der Waals surface area contributed by atoms with Gasteiger partial charge in [-0.15, -0.1) is 10.2 Å². The van der Waals surface area contributed by atoms with Gasteiger partial charge >= 0.3 is 0 Å². The van der Waals surface area contributed by atoms with Crippen LogP contribution in [0.5, 0.6) is 0 Å². The maximum Gasteiger partial charge on any atom is 0.234 e. The molecule has 2 aromatic rings. The predicted octanol–water partition coefficient (Wildman–Crippen LogP) is 1.21. The highest BCUT2D eigenvalue weighted by Crippen LogP contribution is 2.21. The van der Waals surface area contributed by atoms with E-state index in [0.717, 1.165) is 28.9 Å². The molecule has 2 rings (SSSR count). The van der Waals surface area contributed by atoms with Gasteiger partial charge in [0.25, 0.3) is 0 Å². The first-order chi connectivity index (χ1) is 7.22. The standard InChI is InChI=1S/C9H15N5S/c1-4-10-5-6(2)8-13-14-7(3)11-12-9(14)15-8/h6,10H,4-5H2,1-3H3. The molecule has 1 atom stereocenters. The van der Waals surface area contributed by atoms with Gasteiger partial charge in [0.05, 0.1) is 0 Å². The number of fused-ring (bicyclic) bond motifs is 1. The molecule has 0 saturated heterocycles. The minimum Gasteiger partial charge on any atom is -0.316 e. The van der Waals surface area contributed by atoms with Crippen molar-refractivity contribution in [3.63, 3.8) is 0 Å². The molecule has 5 nitrogen and oxygen atoms in total. The molecule has 0 aliphatic carbocycles. The van der Waals surface area contributed by atoms with E-state index in [9.17, 15) is 0 Å². The molecule has 2 aromatic heterocycles. The van der Waals surface area contributed by atoms with Gasteiger partial charge in [0, 0.05) is 12.5 Å². The predicted molar refractivity (Wildman–Crippen MR) is 60.4 cm³/mol. The van der Waals surface area contributed by atoms with Gasteiger partial charge in [-0.1, -0.05) is 25.2 Å². The molecule has 0 spiro atoms. The fourth-order valence-corrected chi connectivity index (χ4v) is 2.31. The molecular formula is C9H15N5S. The van der Waals surface area contributed by atoms with Crippen molar-refractivity contribution in [1.29, 1.82) is 0 Å². The van der Waals surface area contributed by atoms with Crippen molar-refractivity contribution in [2.75, 3.05) is 13.1 Å². The first-order valence-corrected chi connectivity index (χ1v) is 5.93. The van der Waals surface area contributed by atoms with Crippen molar-refractivity contribution < 1.29 is 0 Å². The number of hydrogen-bond acceptors (Lipinski definition) is 5. The van der Waals surface area contributed by atoms with E-state index in [-0.39, 0.29) is 0 Å². The SMILES string of the molecule is CCNCC(C)c1nn2c(C)nnc2s1. The Morgan fingerprint density at radius 1 is 1.47 bits per heavy atom. The van der Waals surface area contributed by atoms with Crippen LogP contribution in [0.3, 0.4) is 0 Å². The number of nitrogens with one attached hydrogen (secondary N) is 1. The lowest BCUT2D eigenvalue weighted by Crippen LogP contribution is -2.19. The van der Waals surface area contributed by atoms with Crippen molar-refractivity contribution in [1.82, 2.24) is 25.1 Å². The van der Waals surface area contributed by atoms with E-state index in [1.165, 1.54) is 0 Å². The molecule has 0 aliphatic rings. The van der Waals surface area contributed by atoms with Crippen LogP contribution in [0.4, 0.5) is 0 Å². The van der Waals surface area contributed by atoms with Crippen LogP contribution in [0.2, 0.25) is 0 Å². The van der Waals surface area contributed by atoms with Gasteiger partial charge in [0.2, 0.25) is 4.96 Å². The summed E-state index contributed by atoms with van der Waals surface area (Å²) in [6, 6.07) is 0. The van der Waals surface area contributed by atoms with Crippen molar-refractivity contribution in [2.45, 2.75) is 26.7 Å². The van der Waals surface area contributed by atoms with Crippen molar-refractivity contribution >= 4 is 16.3 Å². The molecule has 0 aliphatic heterocycles. The molecule has 6 heteroatoms. The molecule has 0 aromatic carbocycles. The highest BCUT2D eigenvalue weighted by molar-refractivity contribution is 7.16. The Kier molecular flexibility index (Phi) is 2.97. The summed E-state index contributed by atoms with van der Waals surface area (Å²) < 4.78 is 1.81. The number of aryl methyl sites for hydroxylation is 1. The third-order valence-electron chi connectivity index (χ3n) is 2.28. The van der Waals surface area contributed by atoms with Gasteiger partial charge in [-0.3, -0.25) is 0 Å². The largest absolute Gasteiger partial charge is 0.316 e. The number of rotatable bonds is 4. The smallest absolute Gasteiger partial charge is 0.234 e. The lowest BCUT2D eigenvalue weighted by atomic mass is 10.2. The quantitative estimate of drug-likeness (QED) is 0.849. The molecule has 0 saturated carbocycles. The van der Waals surface area contributed by atoms with Gasteiger partial charge in [-0.25, -0.2) is 0 Å². The third kappa shape index (κ3) is 2.00. The summed E-state index contributed by atoms with van der Waals surface area (Å²) in [7, 11) is 0. The van der Waals surface area contributed by atoms with Crippen LogP contribution >= 0.6 is 11.3 Å². The molecule has 0 radical (unpaired) electrons. The zero-order valence-corrected chi connectivity index (χ0v) is 10.0. The first kappa shape index (κ1) is 10.5. The number of aromatic nitrogens is 4. The summed E-state index contributed by atoms with van der Waals surface area (Å²) in [5, 5.41) is 16.9. The van der Waals surface area contributed by atoms with E-state index < -0.39 is 0 Å². The summed E-state index contributed by atoms with van der Waals surface area (Å²) >= 11 is 1.61. The Labute approximate surface area is 92.5 Å². The number of nitrogens with zero attached hydrogens (tertiary/aromatic N) is 4. The average Bonchev–Trinajstić information content (AvgIpc) is 2.78. The van der Waals surface area contributed by atoms with Crippen LogP contribution in [0.25, 0.3) is 4.96 Å². The molecule has 0 bridgehead atoms. The second kappa shape index (κ2) is 4.24. The van der Waals surface area contributed by atoms with Crippen LogP contribution in [-0.4, -0.2) is 32.9 Å². The van der Waals surface area contributed by atoms with Gasteiger partial charge in [-0.2, -0.15) is 9.61 Å². The third-order valence-corrected chi connectivity index (χ3v) is 3.41. The maximum atomic E-state index is 4.50. The summed E-state index contributed by atoms with van der Waals surface area (Å²) in [4.78, 5) is 0.880. The van der Waals surface area contributed by atoms with E-state index in [2.05, 4.69) is 34.5 Å². The van der Waals surface area contributed by atoms with Gasteiger partial charge < -0.3 is 5.32 Å². The van der Waals surface area contributed by atoms with Crippen molar-refractivity contribution in [2.24, 2.45) is 0 Å². The molecule has 1 unspecified atom stereocenters. The van der Waals surface area contributed by atoms with Crippen LogP contribution in [0, 0.1) is 6.92 Å². The number of likely N-dealkylation sites (N-methyl/N-ethyl adjacent to an activating group) is 1. The van der Waals surface area contributed by atoms with Crippen LogP contribution < -0.4 is 5.32 Å². The monoisotopic (exact) mass is 225 g/mol. The summed E-state index contributed by atoms with van der Waals surface area (Å²) in [6.07, 6.45) is 0. The minimum atomic E-state index is 0.427. The fraction of sp³-hybridized carbons (Fsp3) is 0.667. The van der Waals surface area contributed by atoms with Crippen LogP contribution in [-0.2, 0) is 0 Å². The summed E-state index contributed by atoms with van der Waals surface area (Å²) in [5.74, 6) is 1.28. The Bertz CT molecular complexity index is 446. The zero-order valence-electron chi connectivity index (χ0n) is 9.19. The topological polar surface area (TPSA) is 55.1 Å². The van der Waals surface area contributed by atoms with E-state index in [1.807, 2.05) is 11.4 Å². The molecule has 2 heterocycles. The Hall–Kier alpha value is -1.01. The highest BCUT2D eigenvalue weighted by Gasteiger charge is 2.13. The van der Waals surface area contributed by atoms with Crippen LogP contribution in [0.1, 0.15) is 30.6 Å². The normalized spacial score (nSPS) is 13.5. The lowest BCUT2D eigenvalue weighted by molar-refractivity contribution is 0.623. The van der Waals surface area contributed by atoms with Crippen LogP contribution in [0.15, 0.2) is 0 Å². The first-order valence-electron chi connectivity index (χ1n) is 5.11. The van der Waals surface area contributed by atoms with Gasteiger partial charge in [0.1, 0.15) is 5.01 Å². The zero-order chi connectivity index (χ0) is 10.8. The molecule has 1 N–H and O–H groups in total. The Morgan fingerprint density at radius 2 is 2.27 bits per heavy atom. The average molecular weight is 225 g/mol. The second-order valence-electron chi connectivity index (χ2n) is 3.59. The van der Waals surface area contributed by atoms with E-state index >= 15 is 0 Å². The highest BCUT2D eigenvalue weighted by atomic mass is 32.1. The molecule has 15 heavy (non-hydrogen) atoms. The second-order valence-corrected chi connectivity index (χ2v) is 4.58. The Morgan fingerprint density at radius 3 is 2.93 bits per heavy atom. The van der Waals surface area contributed by atoms with E-state index in [1.54, 1.807) is 11.3 Å². The summed E-state index contributed by atoms with van der Waals surface area (Å²) in [5.41, 5.74) is 0. The Balaban J connectivity index is 2.20. The van der Waals surface area contributed by atoms with Crippen molar-refractivity contribution in [3.8, 4) is 0 Å². The van der Waals surface area contributed by atoms with Gasteiger partial charge in [-0.05, 0) is 13.5 Å². The molecule has 82 valence electrons. The lowest BCUT2D eigenvalue weighted by Gasteiger charge is -2.06. The molecule has 0 fully saturated rings. The molecular weight excluding hydrogens is 210 g/mol.